The van der Waals surface area contributed by atoms with Gasteiger partial charge in [-0.15, -0.1) is 0 Å². The molecule has 0 saturated heterocycles. The van der Waals surface area contributed by atoms with Gasteiger partial charge in [0.25, 0.3) is 0 Å². The lowest BCUT2D eigenvalue weighted by Crippen LogP contribution is -2.42. The molecule has 0 aromatic heterocycles. The highest BCUT2D eigenvalue weighted by molar-refractivity contribution is 5.84. The number of nitrogens with one attached hydrogen (secondary N) is 1. The Hall–Kier alpha value is -3.35. The summed E-state index contributed by atoms with van der Waals surface area (Å²) in [5, 5.41) is 19.5. The summed E-state index contributed by atoms with van der Waals surface area (Å²) in [6.07, 6.45) is -0.914. The minimum absolute atomic E-state index is 0.0448. The first-order chi connectivity index (χ1) is 12.4. The van der Waals surface area contributed by atoms with Gasteiger partial charge < -0.3 is 20.3 Å². The van der Waals surface area contributed by atoms with Gasteiger partial charge in [0.15, 0.2) is 0 Å². The number of carbonyl (C=O) groups excluding carboxylic acids is 1. The molecule has 0 heterocycles. The molecule has 7 heteroatoms. The van der Waals surface area contributed by atoms with Crippen LogP contribution >= 0.6 is 0 Å². The van der Waals surface area contributed by atoms with Gasteiger partial charge in [0.1, 0.15) is 12.6 Å². The van der Waals surface area contributed by atoms with Crippen molar-refractivity contribution in [1.29, 1.82) is 0 Å². The van der Waals surface area contributed by atoms with Crippen LogP contribution in [0.3, 0.4) is 0 Å². The minimum atomic E-state index is -1.53. The fraction of sp³-hybridized carbons (Fsp3) is 0.211. The van der Waals surface area contributed by atoms with Crippen LogP contribution in [0.15, 0.2) is 54.6 Å². The van der Waals surface area contributed by atoms with Crippen molar-refractivity contribution in [3.05, 3.63) is 71.3 Å². The van der Waals surface area contributed by atoms with E-state index in [-0.39, 0.29) is 6.61 Å². The smallest absolute Gasteiger partial charge is 0.408 e. The summed E-state index contributed by atoms with van der Waals surface area (Å²) in [4.78, 5) is 33.1. The number of benzene rings is 2. The second-order valence-electron chi connectivity index (χ2n) is 5.69. The molecule has 0 saturated carbocycles. The van der Waals surface area contributed by atoms with E-state index in [0.29, 0.717) is 0 Å². The number of amides is 1. The first-order valence-electron chi connectivity index (χ1n) is 7.93. The molecule has 1 amide bonds. The molecular formula is C19H19NO6. The highest BCUT2D eigenvalue weighted by Crippen LogP contribution is 2.11. The van der Waals surface area contributed by atoms with Crippen molar-refractivity contribution in [2.45, 2.75) is 25.5 Å². The van der Waals surface area contributed by atoms with Gasteiger partial charge in [-0.25, -0.2) is 9.59 Å². The zero-order valence-corrected chi connectivity index (χ0v) is 13.9. The Morgan fingerprint density at radius 2 is 1.46 bits per heavy atom. The number of hydrogen-bond acceptors (Lipinski definition) is 4. The lowest BCUT2D eigenvalue weighted by atomic mass is 10.0. The molecule has 2 aromatic rings. The Morgan fingerprint density at radius 1 is 0.885 bits per heavy atom. The van der Waals surface area contributed by atoms with E-state index >= 15 is 0 Å². The van der Waals surface area contributed by atoms with Gasteiger partial charge in [-0.2, -0.15) is 0 Å². The predicted molar refractivity (Wildman–Crippen MR) is 92.7 cm³/mol. The van der Waals surface area contributed by atoms with Crippen molar-refractivity contribution in [1.82, 2.24) is 5.32 Å². The van der Waals surface area contributed by atoms with Crippen LogP contribution in [-0.2, 0) is 27.4 Å². The Labute approximate surface area is 150 Å². The number of aliphatic carboxylic acids is 2. The van der Waals surface area contributed by atoms with E-state index in [1.807, 2.05) is 59.9 Å². The van der Waals surface area contributed by atoms with E-state index in [1.54, 1.807) is 0 Å². The number of ether oxygens (including phenoxy) is 1. The van der Waals surface area contributed by atoms with E-state index in [0.717, 1.165) is 17.5 Å². The number of carboxylic acids is 2. The molecule has 0 aliphatic heterocycles. The molecule has 0 unspecified atom stereocenters. The van der Waals surface area contributed by atoms with Gasteiger partial charge in [-0.1, -0.05) is 54.6 Å². The number of rotatable bonds is 8. The van der Waals surface area contributed by atoms with Gasteiger partial charge in [-0.05, 0) is 23.1 Å². The van der Waals surface area contributed by atoms with Crippen LogP contribution < -0.4 is 5.32 Å². The summed E-state index contributed by atoms with van der Waals surface area (Å²) in [6, 6.07) is 15.9. The van der Waals surface area contributed by atoms with Gasteiger partial charge in [0.2, 0.25) is 0 Å². The molecule has 0 spiro atoms. The van der Waals surface area contributed by atoms with Gasteiger partial charge >= 0.3 is 18.0 Å². The third-order valence-electron chi connectivity index (χ3n) is 3.61. The summed E-state index contributed by atoms with van der Waals surface area (Å²) in [7, 11) is 0. The monoisotopic (exact) mass is 357 g/mol. The first kappa shape index (κ1) is 19.0. The quantitative estimate of drug-likeness (QED) is 0.669. The number of hydrogen-bond donors (Lipinski definition) is 3. The molecule has 0 bridgehead atoms. The molecule has 7 nitrogen and oxygen atoms in total. The zero-order chi connectivity index (χ0) is 18.9. The molecule has 3 N–H and O–H groups in total. The Morgan fingerprint density at radius 3 is 2.04 bits per heavy atom. The summed E-state index contributed by atoms with van der Waals surface area (Å²) < 4.78 is 4.94. The molecule has 0 fully saturated rings. The average molecular weight is 357 g/mol. The summed E-state index contributed by atoms with van der Waals surface area (Å²) >= 11 is 0. The highest BCUT2D eigenvalue weighted by atomic mass is 16.5. The SMILES string of the molecule is O=C(O)C[C@H](NC(=O)OCc1ccc(Cc2ccccc2)cc1)C(=O)O. The van der Waals surface area contributed by atoms with Gasteiger partial charge in [0.05, 0.1) is 6.42 Å². The lowest BCUT2D eigenvalue weighted by molar-refractivity contribution is -0.145. The van der Waals surface area contributed by atoms with Crippen LogP contribution in [0.25, 0.3) is 0 Å². The van der Waals surface area contributed by atoms with Crippen molar-refractivity contribution < 1.29 is 29.3 Å². The maximum atomic E-state index is 11.6. The Bertz CT molecular complexity index is 757. The molecule has 0 radical (unpaired) electrons. The average Bonchev–Trinajstić information content (AvgIpc) is 2.61. The van der Waals surface area contributed by atoms with E-state index in [1.165, 1.54) is 5.56 Å². The van der Waals surface area contributed by atoms with Crippen LogP contribution in [0.5, 0.6) is 0 Å². The third kappa shape index (κ3) is 6.27. The normalized spacial score (nSPS) is 11.4. The van der Waals surface area contributed by atoms with Crippen molar-refractivity contribution >= 4 is 18.0 Å². The zero-order valence-electron chi connectivity index (χ0n) is 13.9. The maximum Gasteiger partial charge on any atom is 0.408 e. The molecule has 136 valence electrons. The van der Waals surface area contributed by atoms with Crippen LogP contribution in [-0.4, -0.2) is 34.3 Å². The molecule has 2 aromatic carbocycles. The fourth-order valence-corrected chi connectivity index (χ4v) is 2.29. The topological polar surface area (TPSA) is 113 Å². The fourth-order valence-electron chi connectivity index (χ4n) is 2.29. The minimum Gasteiger partial charge on any atom is -0.481 e. The van der Waals surface area contributed by atoms with Crippen LogP contribution in [0.4, 0.5) is 4.79 Å². The van der Waals surface area contributed by atoms with Crippen LogP contribution in [0.2, 0.25) is 0 Å². The summed E-state index contributed by atoms with van der Waals surface area (Å²) in [5.41, 5.74) is 3.04. The molecule has 0 aliphatic rings. The van der Waals surface area contributed by atoms with Crippen LogP contribution in [0.1, 0.15) is 23.1 Å². The second-order valence-corrected chi connectivity index (χ2v) is 5.69. The standard InChI is InChI=1S/C19H19NO6/c21-17(22)11-16(18(23)24)20-19(25)26-12-15-8-6-14(7-9-15)10-13-4-2-1-3-5-13/h1-9,16H,10-12H2,(H,20,25)(H,21,22)(H,23,24)/t16-/m0/s1. The Balaban J connectivity index is 1.84. The maximum absolute atomic E-state index is 11.6. The molecule has 0 aliphatic carbocycles. The number of carbonyl (C=O) groups is 3. The summed E-state index contributed by atoms with van der Waals surface area (Å²) in [5.74, 6) is -2.76. The van der Waals surface area contributed by atoms with Crippen molar-refractivity contribution in [3.63, 3.8) is 0 Å². The third-order valence-corrected chi connectivity index (χ3v) is 3.61. The second kappa shape index (κ2) is 9.22. The van der Waals surface area contributed by atoms with E-state index in [9.17, 15) is 14.4 Å². The number of carboxylic acid groups (broad SMARTS) is 2. The van der Waals surface area contributed by atoms with Crippen molar-refractivity contribution in [2.75, 3.05) is 0 Å². The molecule has 2 rings (SSSR count). The summed E-state index contributed by atoms with van der Waals surface area (Å²) in [6.45, 7) is -0.0448. The van der Waals surface area contributed by atoms with Gasteiger partial charge in [-0.3, -0.25) is 4.79 Å². The molecule has 1 atom stereocenters. The van der Waals surface area contributed by atoms with Gasteiger partial charge in [0, 0.05) is 0 Å². The van der Waals surface area contributed by atoms with E-state index in [2.05, 4.69) is 0 Å². The van der Waals surface area contributed by atoms with E-state index < -0.39 is 30.5 Å². The predicted octanol–water partition coefficient (Wildman–Crippen LogP) is 2.43. The highest BCUT2D eigenvalue weighted by Gasteiger charge is 2.23. The number of alkyl carbamates (subject to hydrolysis) is 1. The van der Waals surface area contributed by atoms with E-state index in [4.69, 9.17) is 14.9 Å². The first-order valence-corrected chi connectivity index (χ1v) is 7.93. The van der Waals surface area contributed by atoms with Crippen LogP contribution in [0, 0.1) is 0 Å². The molecular weight excluding hydrogens is 338 g/mol. The Kier molecular flexibility index (Phi) is 6.73. The lowest BCUT2D eigenvalue weighted by Gasteiger charge is -2.12. The molecule has 26 heavy (non-hydrogen) atoms. The largest absolute Gasteiger partial charge is 0.481 e. The van der Waals surface area contributed by atoms with Crippen molar-refractivity contribution in [2.24, 2.45) is 0 Å². The van der Waals surface area contributed by atoms with Crippen molar-refractivity contribution in [3.8, 4) is 0 Å².